The Kier molecular flexibility index (Phi) is 25.7. The summed E-state index contributed by atoms with van der Waals surface area (Å²) < 4.78 is 34.1. The van der Waals surface area contributed by atoms with Crippen molar-refractivity contribution in [1.82, 2.24) is 0 Å². The van der Waals surface area contributed by atoms with Crippen molar-refractivity contribution < 1.29 is 89.0 Å². The van der Waals surface area contributed by atoms with Gasteiger partial charge >= 0.3 is 59.1 Å². The molecule has 0 aromatic heterocycles. The van der Waals surface area contributed by atoms with Crippen LogP contribution in [0.25, 0.3) is 0 Å². The van der Waals surface area contributed by atoms with E-state index in [9.17, 15) is 0 Å². The van der Waals surface area contributed by atoms with Crippen LogP contribution >= 0.6 is 0 Å². The van der Waals surface area contributed by atoms with Gasteiger partial charge in [-0.3, -0.25) is 8.42 Å². The molecule has 40 valence electrons. The van der Waals surface area contributed by atoms with Gasteiger partial charge in [0.25, 0.3) is 0 Å². The first-order chi connectivity index (χ1) is 2.00. The number of halogens is 1. The zero-order chi connectivity index (χ0) is 4.50. The van der Waals surface area contributed by atoms with Gasteiger partial charge in [-0.15, -0.1) is 0 Å². The van der Waals surface area contributed by atoms with Crippen LogP contribution in [0.5, 0.6) is 0 Å². The second-order valence-electron chi connectivity index (χ2n) is 0.408. The van der Waals surface area contributed by atoms with Crippen LogP contribution in [0.2, 0.25) is 0 Å². The fourth-order valence-corrected chi connectivity index (χ4v) is 0. The van der Waals surface area contributed by atoms with E-state index in [1.54, 1.807) is 0 Å². The molecule has 4 nitrogen and oxygen atoms in total. The molecular formula is ClNa2O4S-. The van der Waals surface area contributed by atoms with Crippen LogP contribution in [0, 0.1) is 0 Å². The van der Waals surface area contributed by atoms with Crippen LogP contribution in [0.4, 0.5) is 0 Å². The molecule has 0 aliphatic rings. The van der Waals surface area contributed by atoms with Crippen LogP contribution in [0.15, 0.2) is 0 Å². The molecule has 0 spiro atoms. The molecule has 0 N–H and O–H groups in total. The zero-order valence-electron chi connectivity index (χ0n) is 4.42. The third-order valence-electron chi connectivity index (χ3n) is 0. The molecule has 0 atom stereocenters. The molecule has 0 aliphatic heterocycles. The Morgan fingerprint density at radius 2 is 1.00 bits per heavy atom. The van der Waals surface area contributed by atoms with Gasteiger partial charge in [-0.1, -0.05) is 0 Å². The third kappa shape index (κ3) is 89.7. The molecule has 0 saturated heterocycles. The molecule has 8 heteroatoms. The van der Waals surface area contributed by atoms with Crippen molar-refractivity contribution in [3.05, 3.63) is 0 Å². The Hall–Kier alpha value is 2.16. The quantitative estimate of drug-likeness (QED) is 0.209. The normalized spacial score (nSPS) is 7.25. The average Bonchev–Trinajstić information content (AvgIpc) is 0.722. The van der Waals surface area contributed by atoms with Crippen molar-refractivity contribution in [2.24, 2.45) is 0 Å². The SMILES string of the molecule is O=S(=O)([O-])[O-].[Cl-].[Na+].[Na+]. The van der Waals surface area contributed by atoms with Crippen molar-refractivity contribution >= 4 is 10.4 Å². The van der Waals surface area contributed by atoms with E-state index in [2.05, 4.69) is 0 Å². The molecule has 0 amide bonds. The van der Waals surface area contributed by atoms with Gasteiger partial charge in [0.15, 0.2) is 0 Å². The third-order valence-corrected chi connectivity index (χ3v) is 0. The average molecular weight is 177 g/mol. The van der Waals surface area contributed by atoms with E-state index >= 15 is 0 Å². The number of hydrogen-bond donors (Lipinski definition) is 0. The van der Waals surface area contributed by atoms with E-state index in [0.29, 0.717) is 0 Å². The molecular weight excluding hydrogens is 177 g/mol. The first-order valence-corrected chi connectivity index (χ1v) is 2.00. The molecule has 0 aromatic carbocycles. The Balaban J connectivity index is -0.0000000267. The van der Waals surface area contributed by atoms with E-state index in [-0.39, 0.29) is 71.5 Å². The molecule has 0 rings (SSSR count). The maximum Gasteiger partial charge on any atom is 1.00 e. The molecule has 0 fully saturated rings. The summed E-state index contributed by atoms with van der Waals surface area (Å²) in [5.74, 6) is 0. The Morgan fingerprint density at radius 1 is 1.00 bits per heavy atom. The van der Waals surface area contributed by atoms with E-state index in [0.717, 1.165) is 0 Å². The first kappa shape index (κ1) is 22.5. The largest absolute Gasteiger partial charge is 1.00 e. The molecule has 0 saturated carbocycles. The molecule has 0 aliphatic carbocycles. The standard InChI is InChI=1S/ClH.2Na.H2O4S/c;;;1-5(2,3)4/h1H;;;(H2,1,2,3,4)/q;2*+1;/p-3. The van der Waals surface area contributed by atoms with Gasteiger partial charge in [-0.25, -0.2) is 0 Å². The van der Waals surface area contributed by atoms with Crippen LogP contribution in [-0.4, -0.2) is 17.5 Å². The van der Waals surface area contributed by atoms with Gasteiger partial charge in [0.2, 0.25) is 0 Å². The van der Waals surface area contributed by atoms with E-state index in [1.807, 2.05) is 0 Å². The summed E-state index contributed by atoms with van der Waals surface area (Å²) in [5.41, 5.74) is 0. The second-order valence-corrected chi connectivity index (χ2v) is 1.22. The smallest absolute Gasteiger partial charge is 1.00 e. The summed E-state index contributed by atoms with van der Waals surface area (Å²) >= 11 is 0. The van der Waals surface area contributed by atoms with Crippen LogP contribution in [0.3, 0.4) is 0 Å². The number of hydrogen-bond acceptors (Lipinski definition) is 4. The van der Waals surface area contributed by atoms with E-state index < -0.39 is 10.4 Å². The first-order valence-electron chi connectivity index (χ1n) is 0.667. The molecule has 0 bridgehead atoms. The topological polar surface area (TPSA) is 80.3 Å². The fourth-order valence-electron chi connectivity index (χ4n) is 0. The maximum absolute atomic E-state index is 8.52. The predicted octanol–water partition coefficient (Wildman–Crippen LogP) is -10.3. The minimum absolute atomic E-state index is 0. The molecule has 0 radical (unpaired) electrons. The monoisotopic (exact) mass is 177 g/mol. The second kappa shape index (κ2) is 9.16. The summed E-state index contributed by atoms with van der Waals surface area (Å²) in [7, 11) is -5.17. The molecule has 8 heavy (non-hydrogen) atoms. The van der Waals surface area contributed by atoms with Gasteiger partial charge < -0.3 is 21.5 Å². The van der Waals surface area contributed by atoms with Crippen LogP contribution < -0.4 is 71.5 Å². The Labute approximate surface area is 98.0 Å². The molecule has 0 heterocycles. The fraction of sp³-hybridized carbons (Fsp3) is 0. The van der Waals surface area contributed by atoms with Crippen LogP contribution in [0.1, 0.15) is 0 Å². The van der Waals surface area contributed by atoms with E-state index in [1.165, 1.54) is 0 Å². The van der Waals surface area contributed by atoms with Crippen molar-refractivity contribution in [3.8, 4) is 0 Å². The summed E-state index contributed by atoms with van der Waals surface area (Å²) in [4.78, 5) is 0. The minimum atomic E-state index is -5.17. The Morgan fingerprint density at radius 3 is 1.00 bits per heavy atom. The van der Waals surface area contributed by atoms with Gasteiger partial charge in [-0.2, -0.15) is 0 Å². The van der Waals surface area contributed by atoms with E-state index in [4.69, 9.17) is 17.5 Å². The minimum Gasteiger partial charge on any atom is -1.00 e. The Bertz CT molecular complexity index is 97.2. The summed E-state index contributed by atoms with van der Waals surface area (Å²) in [6.45, 7) is 0. The van der Waals surface area contributed by atoms with Gasteiger partial charge in [0, 0.05) is 10.4 Å². The van der Waals surface area contributed by atoms with Crippen molar-refractivity contribution in [2.75, 3.05) is 0 Å². The summed E-state index contributed by atoms with van der Waals surface area (Å²) in [6, 6.07) is 0. The predicted molar refractivity (Wildman–Crippen MR) is 10.5 cm³/mol. The van der Waals surface area contributed by atoms with Crippen LogP contribution in [-0.2, 0) is 10.4 Å². The molecule has 0 unspecified atom stereocenters. The van der Waals surface area contributed by atoms with Gasteiger partial charge in [-0.05, 0) is 0 Å². The van der Waals surface area contributed by atoms with Gasteiger partial charge in [0.1, 0.15) is 0 Å². The van der Waals surface area contributed by atoms with Crippen molar-refractivity contribution in [1.29, 1.82) is 0 Å². The number of rotatable bonds is 0. The summed E-state index contributed by atoms with van der Waals surface area (Å²) in [5, 5.41) is 0. The molecule has 0 aromatic rings. The van der Waals surface area contributed by atoms with Crippen molar-refractivity contribution in [3.63, 3.8) is 0 Å². The van der Waals surface area contributed by atoms with Crippen molar-refractivity contribution in [2.45, 2.75) is 0 Å². The zero-order valence-corrected chi connectivity index (χ0v) is 9.99. The summed E-state index contributed by atoms with van der Waals surface area (Å²) in [6.07, 6.45) is 0. The van der Waals surface area contributed by atoms with Gasteiger partial charge in [0.05, 0.1) is 0 Å². The maximum atomic E-state index is 8.52.